The third-order valence-electron chi connectivity index (χ3n) is 5.94. The third-order valence-corrected chi connectivity index (χ3v) is 5.94. The van der Waals surface area contributed by atoms with Crippen LogP contribution in [0.3, 0.4) is 0 Å². The monoisotopic (exact) mass is 421 g/mol. The van der Waals surface area contributed by atoms with Crippen LogP contribution in [0.15, 0.2) is 85.2 Å². The van der Waals surface area contributed by atoms with Gasteiger partial charge in [0.25, 0.3) is 0 Å². The lowest BCUT2D eigenvalue weighted by molar-refractivity contribution is -0.139. The van der Waals surface area contributed by atoms with Crippen LogP contribution in [0.5, 0.6) is 0 Å². The summed E-state index contributed by atoms with van der Waals surface area (Å²) < 4.78 is 7.08. The molecule has 0 saturated heterocycles. The minimum atomic E-state index is -0.234. The molecule has 0 aliphatic heterocycles. The Morgan fingerprint density at radius 2 is 1.81 bits per heavy atom. The summed E-state index contributed by atoms with van der Waals surface area (Å²) in [5, 5.41) is 3.21. The van der Waals surface area contributed by atoms with Crippen molar-refractivity contribution in [1.29, 1.82) is 0 Å². The molecule has 3 aromatic carbocycles. The van der Waals surface area contributed by atoms with Crippen LogP contribution in [-0.4, -0.2) is 22.6 Å². The number of nitrogens with zero attached hydrogens (tertiary/aromatic N) is 2. The molecule has 2 aromatic heterocycles. The van der Waals surface area contributed by atoms with Gasteiger partial charge in [0, 0.05) is 29.8 Å². The number of nitrogens with two attached hydrogens (primary N) is 1. The van der Waals surface area contributed by atoms with E-state index in [9.17, 15) is 4.79 Å². The number of ether oxygens (including phenoxy) is 1. The maximum atomic E-state index is 11.8. The number of methoxy groups -OCH3 is 1. The van der Waals surface area contributed by atoms with Crippen LogP contribution in [0, 0.1) is 0 Å². The minimum Gasteiger partial charge on any atom is -0.469 e. The first kappa shape index (κ1) is 19.8. The molecule has 5 nitrogen and oxygen atoms in total. The van der Waals surface area contributed by atoms with E-state index in [-0.39, 0.29) is 12.4 Å². The lowest BCUT2D eigenvalue weighted by atomic mass is 9.98. The lowest BCUT2D eigenvalue weighted by Crippen LogP contribution is -2.08. The summed E-state index contributed by atoms with van der Waals surface area (Å²) in [4.78, 5) is 16.1. The average Bonchev–Trinajstić information content (AvgIpc) is 3.22. The molecule has 0 bridgehead atoms. The zero-order chi connectivity index (χ0) is 22.1. The third kappa shape index (κ3) is 3.58. The highest BCUT2D eigenvalue weighted by atomic mass is 16.5. The molecule has 0 aliphatic carbocycles. The molecule has 0 atom stereocenters. The number of benzene rings is 3. The van der Waals surface area contributed by atoms with Crippen LogP contribution in [0.2, 0.25) is 0 Å². The highest BCUT2D eigenvalue weighted by molar-refractivity contribution is 6.02. The Balaban J connectivity index is 1.57. The van der Waals surface area contributed by atoms with Gasteiger partial charge in [0.15, 0.2) is 0 Å². The Morgan fingerprint density at radius 1 is 0.969 bits per heavy atom. The predicted octanol–water partition coefficient (Wildman–Crippen LogP) is 5.20. The normalized spacial score (nSPS) is 11.2. The van der Waals surface area contributed by atoms with Crippen molar-refractivity contribution in [2.24, 2.45) is 0 Å². The van der Waals surface area contributed by atoms with Gasteiger partial charge in [-0.2, -0.15) is 0 Å². The fourth-order valence-corrected chi connectivity index (χ4v) is 4.27. The molecule has 0 aliphatic rings. The van der Waals surface area contributed by atoms with Crippen LogP contribution in [-0.2, 0) is 22.5 Å². The Kier molecular flexibility index (Phi) is 5.07. The molecule has 32 heavy (non-hydrogen) atoms. The number of nitrogen functional groups attached to an aromatic ring is 1. The predicted molar refractivity (Wildman–Crippen MR) is 128 cm³/mol. The molecule has 0 radical (unpaired) electrons. The Labute approximate surface area is 186 Å². The van der Waals surface area contributed by atoms with Crippen molar-refractivity contribution in [2.45, 2.75) is 13.0 Å². The van der Waals surface area contributed by atoms with Crippen molar-refractivity contribution in [3.63, 3.8) is 0 Å². The van der Waals surface area contributed by atoms with Crippen LogP contribution < -0.4 is 5.73 Å². The summed E-state index contributed by atoms with van der Waals surface area (Å²) in [7, 11) is 1.42. The van der Waals surface area contributed by atoms with Gasteiger partial charge in [0.05, 0.1) is 13.5 Å². The van der Waals surface area contributed by atoms with E-state index in [1.807, 2.05) is 36.4 Å². The number of pyridine rings is 1. The summed E-state index contributed by atoms with van der Waals surface area (Å²) in [6.45, 7) is 0.673. The van der Waals surface area contributed by atoms with Crippen molar-refractivity contribution in [2.75, 3.05) is 12.8 Å². The Hall–Kier alpha value is -4.12. The Morgan fingerprint density at radius 3 is 2.66 bits per heavy atom. The van der Waals surface area contributed by atoms with Crippen LogP contribution in [0.1, 0.15) is 11.1 Å². The molecular weight excluding hydrogens is 398 g/mol. The quantitative estimate of drug-likeness (QED) is 0.396. The molecule has 0 saturated carbocycles. The summed E-state index contributed by atoms with van der Waals surface area (Å²) in [5.74, 6) is 0.304. The fourth-order valence-electron chi connectivity index (χ4n) is 4.27. The van der Waals surface area contributed by atoms with Crippen molar-refractivity contribution in [3.05, 3.63) is 96.3 Å². The molecule has 0 fully saturated rings. The zero-order valence-corrected chi connectivity index (χ0v) is 17.8. The molecule has 2 N–H and O–H groups in total. The van der Waals surface area contributed by atoms with E-state index in [1.165, 1.54) is 12.5 Å². The van der Waals surface area contributed by atoms with Crippen molar-refractivity contribution < 1.29 is 9.53 Å². The molecule has 0 unspecified atom stereocenters. The molecule has 0 spiro atoms. The maximum absolute atomic E-state index is 11.8. The number of aromatic nitrogens is 2. The second-order valence-corrected chi connectivity index (χ2v) is 7.84. The van der Waals surface area contributed by atoms with E-state index in [0.717, 1.165) is 38.5 Å². The van der Waals surface area contributed by atoms with Crippen molar-refractivity contribution >= 4 is 33.5 Å². The summed E-state index contributed by atoms with van der Waals surface area (Å²) >= 11 is 0. The summed E-state index contributed by atoms with van der Waals surface area (Å²) in [5.41, 5.74) is 11.6. The smallest absolute Gasteiger partial charge is 0.309 e. The minimum absolute atomic E-state index is 0.234. The number of esters is 1. The van der Waals surface area contributed by atoms with Gasteiger partial charge in [-0.15, -0.1) is 0 Å². The van der Waals surface area contributed by atoms with Crippen LogP contribution >= 0.6 is 0 Å². The summed E-state index contributed by atoms with van der Waals surface area (Å²) in [6, 6.07) is 24.8. The molecule has 0 amide bonds. The second kappa shape index (κ2) is 8.19. The average molecular weight is 422 g/mol. The van der Waals surface area contributed by atoms with Crippen LogP contribution in [0.25, 0.3) is 32.8 Å². The van der Waals surface area contributed by atoms with E-state index < -0.39 is 0 Å². The molecule has 2 heterocycles. The topological polar surface area (TPSA) is 70.1 Å². The highest BCUT2D eigenvalue weighted by Crippen LogP contribution is 2.32. The number of hydrogen-bond donors (Lipinski definition) is 1. The number of anilines is 1. The van der Waals surface area contributed by atoms with Gasteiger partial charge in [-0.3, -0.25) is 4.79 Å². The number of hydrogen-bond acceptors (Lipinski definition) is 4. The van der Waals surface area contributed by atoms with E-state index in [1.54, 1.807) is 6.20 Å². The zero-order valence-electron chi connectivity index (χ0n) is 17.8. The van der Waals surface area contributed by atoms with E-state index in [2.05, 4.69) is 52.1 Å². The van der Waals surface area contributed by atoms with Crippen LogP contribution in [0.4, 0.5) is 5.82 Å². The molecule has 5 heteroatoms. The largest absolute Gasteiger partial charge is 0.469 e. The molecule has 5 rings (SSSR count). The number of fused-ring (bicyclic) bond motifs is 2. The van der Waals surface area contributed by atoms with Gasteiger partial charge in [0.1, 0.15) is 5.82 Å². The van der Waals surface area contributed by atoms with Gasteiger partial charge in [-0.1, -0.05) is 54.6 Å². The number of carbonyl (C=O) groups excluding carboxylic acids is 1. The molecule has 5 aromatic rings. The Bertz CT molecular complexity index is 1450. The second-order valence-electron chi connectivity index (χ2n) is 7.84. The molecule has 158 valence electrons. The van der Waals surface area contributed by atoms with E-state index in [0.29, 0.717) is 12.4 Å². The first-order valence-corrected chi connectivity index (χ1v) is 10.5. The standard InChI is InChI=1S/C27H23N3O2/c1-32-26(31)16-19-5-2-3-6-21(19)17-30-14-12-18-9-10-20(15-25(18)30)22-7-4-8-24-23(22)11-13-29-27(24)28/h2-15H,16-17H2,1H3,(H2,28,29). The SMILES string of the molecule is COC(=O)Cc1ccccc1Cn1ccc2ccc(-c3cccc4c(N)nccc34)cc21. The van der Waals surface area contributed by atoms with Gasteiger partial charge < -0.3 is 15.0 Å². The highest BCUT2D eigenvalue weighted by Gasteiger charge is 2.11. The fraction of sp³-hybridized carbons (Fsp3) is 0.111. The van der Waals surface area contributed by atoms with E-state index >= 15 is 0 Å². The van der Waals surface area contributed by atoms with Crippen molar-refractivity contribution in [3.8, 4) is 11.1 Å². The maximum Gasteiger partial charge on any atom is 0.309 e. The number of carbonyl (C=O) groups is 1. The van der Waals surface area contributed by atoms with Gasteiger partial charge in [-0.25, -0.2) is 4.98 Å². The molecular formula is C27H23N3O2. The first-order valence-electron chi connectivity index (χ1n) is 10.5. The first-order chi connectivity index (χ1) is 15.6. The van der Waals surface area contributed by atoms with E-state index in [4.69, 9.17) is 10.5 Å². The van der Waals surface area contributed by atoms with Crippen molar-refractivity contribution in [1.82, 2.24) is 9.55 Å². The lowest BCUT2D eigenvalue weighted by Gasteiger charge is -2.12. The van der Waals surface area contributed by atoms with Gasteiger partial charge in [0.2, 0.25) is 0 Å². The summed E-state index contributed by atoms with van der Waals surface area (Å²) in [6.07, 6.45) is 4.11. The number of rotatable bonds is 5. The van der Waals surface area contributed by atoms with Gasteiger partial charge >= 0.3 is 5.97 Å². The van der Waals surface area contributed by atoms with Gasteiger partial charge in [-0.05, 0) is 51.2 Å².